The third-order valence-electron chi connectivity index (χ3n) is 3.02. The predicted octanol–water partition coefficient (Wildman–Crippen LogP) is 1.82. The number of carbonyl (C=O) groups is 3. The average molecular weight is 348 g/mol. The first-order valence-electron chi connectivity index (χ1n) is 6.78. The van der Waals surface area contributed by atoms with E-state index in [-0.39, 0.29) is 11.3 Å². The van der Waals surface area contributed by atoms with E-state index in [9.17, 15) is 14.4 Å². The monoisotopic (exact) mass is 347 g/mol. The third-order valence-corrected chi connectivity index (χ3v) is 3.36. The molecule has 0 saturated heterocycles. The summed E-state index contributed by atoms with van der Waals surface area (Å²) >= 11 is 5.76. The molecule has 0 aliphatic rings. The van der Waals surface area contributed by atoms with Gasteiger partial charge in [-0.3, -0.25) is 9.59 Å². The van der Waals surface area contributed by atoms with Crippen LogP contribution in [0.1, 0.15) is 20.7 Å². The Morgan fingerprint density at radius 3 is 2.25 bits per heavy atom. The number of nitrogens with two attached hydrogens (primary N) is 2. The van der Waals surface area contributed by atoms with E-state index in [0.717, 1.165) is 0 Å². The van der Waals surface area contributed by atoms with Gasteiger partial charge in [0.1, 0.15) is 0 Å². The average Bonchev–Trinajstić information content (AvgIpc) is 2.55. The summed E-state index contributed by atoms with van der Waals surface area (Å²) in [7, 11) is 0. The molecule has 24 heavy (non-hydrogen) atoms. The summed E-state index contributed by atoms with van der Waals surface area (Å²) < 4.78 is 4.90. The first-order chi connectivity index (χ1) is 11.4. The number of nitrogen functional groups attached to an aromatic ring is 1. The molecule has 7 nitrogen and oxygen atoms in total. The summed E-state index contributed by atoms with van der Waals surface area (Å²) in [6, 6.07) is 10.3. The van der Waals surface area contributed by atoms with Gasteiger partial charge in [0.15, 0.2) is 6.61 Å². The Labute approximate surface area is 142 Å². The SMILES string of the molecule is NC(=O)c1ccc(NC(=O)COC(=O)c2ccc(Cl)c(N)c2)cc1. The Bertz CT molecular complexity index is 790. The standard InChI is InChI=1S/C16H14ClN3O4/c17-12-6-3-10(7-13(12)18)16(23)24-8-14(21)20-11-4-1-9(2-5-11)15(19)22/h1-7H,8,18H2,(H2,19,22)(H,20,21). The number of benzene rings is 2. The van der Waals surface area contributed by atoms with Crippen molar-refractivity contribution in [1.82, 2.24) is 0 Å². The number of rotatable bonds is 5. The number of esters is 1. The fourth-order valence-electron chi connectivity index (χ4n) is 1.80. The summed E-state index contributed by atoms with van der Waals surface area (Å²) in [6.45, 7) is -0.473. The first-order valence-corrected chi connectivity index (χ1v) is 7.16. The molecule has 0 aliphatic heterocycles. The minimum atomic E-state index is -0.697. The minimum absolute atomic E-state index is 0.190. The van der Waals surface area contributed by atoms with Gasteiger partial charge in [-0.1, -0.05) is 11.6 Å². The van der Waals surface area contributed by atoms with Crippen LogP contribution in [0, 0.1) is 0 Å². The number of carbonyl (C=O) groups excluding carboxylic acids is 3. The Hall–Kier alpha value is -3.06. The molecule has 0 heterocycles. The molecule has 2 amide bonds. The van der Waals surface area contributed by atoms with Crippen molar-refractivity contribution >= 4 is 40.8 Å². The number of ether oxygens (including phenoxy) is 1. The van der Waals surface area contributed by atoms with Crippen molar-refractivity contribution in [3.8, 4) is 0 Å². The highest BCUT2D eigenvalue weighted by Gasteiger charge is 2.12. The van der Waals surface area contributed by atoms with Crippen molar-refractivity contribution in [1.29, 1.82) is 0 Å². The van der Waals surface area contributed by atoms with E-state index in [1.165, 1.54) is 42.5 Å². The second-order valence-corrected chi connectivity index (χ2v) is 5.21. The van der Waals surface area contributed by atoms with E-state index < -0.39 is 24.4 Å². The number of amides is 2. The van der Waals surface area contributed by atoms with Gasteiger partial charge in [-0.2, -0.15) is 0 Å². The van der Waals surface area contributed by atoms with E-state index in [4.69, 9.17) is 27.8 Å². The lowest BCUT2D eigenvalue weighted by Crippen LogP contribution is -2.21. The van der Waals surface area contributed by atoms with Gasteiger partial charge < -0.3 is 21.5 Å². The van der Waals surface area contributed by atoms with Crippen molar-refractivity contribution in [2.45, 2.75) is 0 Å². The quantitative estimate of drug-likeness (QED) is 0.562. The lowest BCUT2D eigenvalue weighted by atomic mass is 10.2. The van der Waals surface area contributed by atoms with Crippen molar-refractivity contribution in [3.63, 3.8) is 0 Å². The fraction of sp³-hybridized carbons (Fsp3) is 0.0625. The van der Waals surface area contributed by atoms with Crippen LogP contribution in [0.5, 0.6) is 0 Å². The maximum absolute atomic E-state index is 11.8. The van der Waals surface area contributed by atoms with Crippen LogP contribution in [0.3, 0.4) is 0 Å². The predicted molar refractivity (Wildman–Crippen MR) is 89.7 cm³/mol. The second-order valence-electron chi connectivity index (χ2n) is 4.80. The maximum Gasteiger partial charge on any atom is 0.338 e. The lowest BCUT2D eigenvalue weighted by Gasteiger charge is -2.08. The lowest BCUT2D eigenvalue weighted by molar-refractivity contribution is -0.119. The number of hydrogen-bond donors (Lipinski definition) is 3. The molecule has 0 atom stereocenters. The van der Waals surface area contributed by atoms with E-state index in [1.54, 1.807) is 0 Å². The van der Waals surface area contributed by atoms with Crippen LogP contribution in [0.4, 0.5) is 11.4 Å². The van der Waals surface area contributed by atoms with Gasteiger partial charge in [-0.25, -0.2) is 4.79 Å². The molecule has 0 bridgehead atoms. The molecule has 0 spiro atoms. The van der Waals surface area contributed by atoms with Crippen LogP contribution in [-0.4, -0.2) is 24.4 Å². The van der Waals surface area contributed by atoms with Crippen LogP contribution in [0.2, 0.25) is 5.02 Å². The Balaban J connectivity index is 1.89. The second kappa shape index (κ2) is 7.47. The van der Waals surface area contributed by atoms with Crippen LogP contribution < -0.4 is 16.8 Å². The molecular formula is C16H14ClN3O4. The number of hydrogen-bond acceptors (Lipinski definition) is 5. The van der Waals surface area contributed by atoms with Crippen molar-refractivity contribution in [2.24, 2.45) is 5.73 Å². The Morgan fingerprint density at radius 1 is 1.04 bits per heavy atom. The molecule has 124 valence electrons. The highest BCUT2D eigenvalue weighted by Crippen LogP contribution is 2.19. The minimum Gasteiger partial charge on any atom is -0.452 e. The number of anilines is 2. The van der Waals surface area contributed by atoms with E-state index in [2.05, 4.69) is 5.32 Å². The zero-order valence-electron chi connectivity index (χ0n) is 12.4. The molecular weight excluding hydrogens is 334 g/mol. The van der Waals surface area contributed by atoms with Gasteiger partial charge in [0.2, 0.25) is 5.91 Å². The van der Waals surface area contributed by atoms with Gasteiger partial charge in [0.05, 0.1) is 16.3 Å². The smallest absolute Gasteiger partial charge is 0.338 e. The largest absolute Gasteiger partial charge is 0.452 e. The summed E-state index contributed by atoms with van der Waals surface area (Å²) in [5.74, 6) is -1.79. The number of halogens is 1. The van der Waals surface area contributed by atoms with Crippen LogP contribution in [0.15, 0.2) is 42.5 Å². The van der Waals surface area contributed by atoms with Crippen LogP contribution >= 0.6 is 11.6 Å². The Morgan fingerprint density at radius 2 is 1.67 bits per heavy atom. The molecule has 2 aromatic rings. The number of primary amides is 1. The van der Waals surface area contributed by atoms with Gasteiger partial charge in [-0.05, 0) is 42.5 Å². The van der Waals surface area contributed by atoms with Gasteiger partial charge in [0, 0.05) is 11.3 Å². The number of nitrogens with one attached hydrogen (secondary N) is 1. The molecule has 0 aromatic heterocycles. The van der Waals surface area contributed by atoms with E-state index >= 15 is 0 Å². The molecule has 0 saturated carbocycles. The fourth-order valence-corrected chi connectivity index (χ4v) is 1.92. The van der Waals surface area contributed by atoms with Crippen molar-refractivity contribution < 1.29 is 19.1 Å². The molecule has 0 radical (unpaired) electrons. The zero-order valence-corrected chi connectivity index (χ0v) is 13.2. The van der Waals surface area contributed by atoms with Crippen molar-refractivity contribution in [2.75, 3.05) is 17.7 Å². The maximum atomic E-state index is 11.8. The molecule has 0 unspecified atom stereocenters. The van der Waals surface area contributed by atoms with E-state index in [1.807, 2.05) is 0 Å². The van der Waals surface area contributed by atoms with Gasteiger partial charge >= 0.3 is 5.97 Å². The summed E-state index contributed by atoms with van der Waals surface area (Å²) in [6.07, 6.45) is 0. The molecule has 0 aliphatic carbocycles. The topological polar surface area (TPSA) is 125 Å². The van der Waals surface area contributed by atoms with Gasteiger partial charge in [0.25, 0.3) is 5.91 Å². The van der Waals surface area contributed by atoms with Crippen LogP contribution in [-0.2, 0) is 9.53 Å². The molecule has 8 heteroatoms. The first kappa shape index (κ1) is 17.3. The normalized spacial score (nSPS) is 10.0. The Kier molecular flexibility index (Phi) is 5.39. The van der Waals surface area contributed by atoms with Crippen molar-refractivity contribution in [3.05, 3.63) is 58.6 Å². The highest BCUT2D eigenvalue weighted by molar-refractivity contribution is 6.33. The summed E-state index contributed by atoms with van der Waals surface area (Å²) in [4.78, 5) is 34.5. The van der Waals surface area contributed by atoms with E-state index in [0.29, 0.717) is 16.3 Å². The molecule has 2 rings (SSSR count). The van der Waals surface area contributed by atoms with Gasteiger partial charge in [-0.15, -0.1) is 0 Å². The molecule has 2 aromatic carbocycles. The van der Waals surface area contributed by atoms with Crippen LogP contribution in [0.25, 0.3) is 0 Å². The zero-order chi connectivity index (χ0) is 17.7. The highest BCUT2D eigenvalue weighted by atomic mass is 35.5. The molecule has 5 N–H and O–H groups in total. The summed E-state index contributed by atoms with van der Waals surface area (Å²) in [5.41, 5.74) is 11.9. The third kappa shape index (κ3) is 4.47. The molecule has 0 fully saturated rings. The summed E-state index contributed by atoms with van der Waals surface area (Å²) in [5, 5.41) is 2.84.